The molecule has 0 aromatic heterocycles. The summed E-state index contributed by atoms with van der Waals surface area (Å²) < 4.78 is 18.2. The largest absolute Gasteiger partial charge is 0.383 e. The number of rotatable bonds is 7. The molecule has 2 unspecified atom stereocenters. The molecule has 0 amide bonds. The van der Waals surface area contributed by atoms with Gasteiger partial charge in [0.1, 0.15) is 5.82 Å². The molecule has 1 N–H and O–H groups in total. The summed E-state index contributed by atoms with van der Waals surface area (Å²) in [6.45, 7) is 4.83. The first-order valence-electron chi connectivity index (χ1n) is 6.28. The van der Waals surface area contributed by atoms with Gasteiger partial charge in [-0.2, -0.15) is 0 Å². The van der Waals surface area contributed by atoms with Crippen LogP contribution in [-0.2, 0) is 4.74 Å². The van der Waals surface area contributed by atoms with Crippen molar-refractivity contribution in [1.82, 2.24) is 5.32 Å². The lowest BCUT2D eigenvalue weighted by atomic mass is 10.1. The minimum absolute atomic E-state index is 0.0739. The SMILES string of the molecule is CCCC(COC)NC(C)c1ccc(F)cc1Cl. The van der Waals surface area contributed by atoms with Crippen molar-refractivity contribution >= 4 is 11.6 Å². The highest BCUT2D eigenvalue weighted by molar-refractivity contribution is 6.31. The molecule has 0 saturated carbocycles. The summed E-state index contributed by atoms with van der Waals surface area (Å²) >= 11 is 6.05. The van der Waals surface area contributed by atoms with Crippen molar-refractivity contribution in [3.05, 3.63) is 34.6 Å². The van der Waals surface area contributed by atoms with Crippen LogP contribution in [0.4, 0.5) is 4.39 Å². The Kier molecular flexibility index (Phi) is 6.61. The van der Waals surface area contributed by atoms with E-state index in [-0.39, 0.29) is 17.9 Å². The highest BCUT2D eigenvalue weighted by Gasteiger charge is 2.15. The minimum atomic E-state index is -0.307. The molecule has 102 valence electrons. The molecular weight excluding hydrogens is 253 g/mol. The Morgan fingerprint density at radius 1 is 1.44 bits per heavy atom. The van der Waals surface area contributed by atoms with Crippen LogP contribution >= 0.6 is 11.6 Å². The summed E-state index contributed by atoms with van der Waals surface area (Å²) in [6.07, 6.45) is 2.13. The van der Waals surface area contributed by atoms with Gasteiger partial charge in [-0.1, -0.05) is 31.0 Å². The molecule has 0 aliphatic heterocycles. The van der Waals surface area contributed by atoms with Crippen molar-refractivity contribution in [2.24, 2.45) is 0 Å². The van der Waals surface area contributed by atoms with Crippen molar-refractivity contribution < 1.29 is 9.13 Å². The molecule has 0 bridgehead atoms. The lowest BCUT2D eigenvalue weighted by molar-refractivity contribution is 0.157. The maximum Gasteiger partial charge on any atom is 0.124 e. The fourth-order valence-electron chi connectivity index (χ4n) is 2.06. The first-order chi connectivity index (χ1) is 8.58. The van der Waals surface area contributed by atoms with E-state index in [0.717, 1.165) is 18.4 Å². The van der Waals surface area contributed by atoms with Crippen LogP contribution in [0.15, 0.2) is 18.2 Å². The lowest BCUT2D eigenvalue weighted by Gasteiger charge is -2.23. The standard InChI is InChI=1S/C14H21ClFNO/c1-4-5-12(9-18-3)17-10(2)13-7-6-11(16)8-14(13)15/h6-8,10,12,17H,4-5,9H2,1-3H3. The van der Waals surface area contributed by atoms with Crippen molar-refractivity contribution in [2.45, 2.75) is 38.8 Å². The van der Waals surface area contributed by atoms with Crippen LogP contribution in [0.25, 0.3) is 0 Å². The zero-order valence-corrected chi connectivity index (χ0v) is 11.9. The molecule has 1 aromatic carbocycles. The van der Waals surface area contributed by atoms with Gasteiger partial charge in [-0.25, -0.2) is 4.39 Å². The van der Waals surface area contributed by atoms with E-state index in [1.54, 1.807) is 13.2 Å². The number of benzene rings is 1. The minimum Gasteiger partial charge on any atom is -0.383 e. The summed E-state index contributed by atoms with van der Waals surface area (Å²) in [5.41, 5.74) is 0.912. The molecule has 2 atom stereocenters. The van der Waals surface area contributed by atoms with Crippen LogP contribution in [0.2, 0.25) is 5.02 Å². The van der Waals surface area contributed by atoms with Crippen molar-refractivity contribution in [1.29, 1.82) is 0 Å². The molecule has 0 saturated heterocycles. The maximum atomic E-state index is 13.0. The number of halogens is 2. The molecule has 18 heavy (non-hydrogen) atoms. The van der Waals surface area contributed by atoms with E-state index in [9.17, 15) is 4.39 Å². The zero-order valence-electron chi connectivity index (χ0n) is 11.2. The zero-order chi connectivity index (χ0) is 13.5. The van der Waals surface area contributed by atoms with Gasteiger partial charge in [0.25, 0.3) is 0 Å². The van der Waals surface area contributed by atoms with Gasteiger partial charge in [-0.3, -0.25) is 0 Å². The molecule has 0 spiro atoms. The number of hydrogen-bond donors (Lipinski definition) is 1. The Morgan fingerprint density at radius 3 is 2.72 bits per heavy atom. The topological polar surface area (TPSA) is 21.3 Å². The van der Waals surface area contributed by atoms with E-state index in [0.29, 0.717) is 11.6 Å². The van der Waals surface area contributed by atoms with E-state index < -0.39 is 0 Å². The van der Waals surface area contributed by atoms with E-state index in [1.807, 2.05) is 6.92 Å². The van der Waals surface area contributed by atoms with Crippen LogP contribution in [0.1, 0.15) is 38.3 Å². The van der Waals surface area contributed by atoms with Gasteiger partial charge < -0.3 is 10.1 Å². The van der Waals surface area contributed by atoms with Gasteiger partial charge in [0.2, 0.25) is 0 Å². The van der Waals surface area contributed by atoms with Crippen LogP contribution in [0.3, 0.4) is 0 Å². The fraction of sp³-hybridized carbons (Fsp3) is 0.571. The van der Waals surface area contributed by atoms with Crippen molar-refractivity contribution in [3.63, 3.8) is 0 Å². The van der Waals surface area contributed by atoms with E-state index in [2.05, 4.69) is 12.2 Å². The van der Waals surface area contributed by atoms with E-state index >= 15 is 0 Å². The molecule has 0 aliphatic rings. The van der Waals surface area contributed by atoms with Gasteiger partial charge in [0.15, 0.2) is 0 Å². The van der Waals surface area contributed by atoms with E-state index in [1.165, 1.54) is 12.1 Å². The Hall–Kier alpha value is -0.640. The molecule has 1 aromatic rings. The highest BCUT2D eigenvalue weighted by atomic mass is 35.5. The Morgan fingerprint density at radius 2 is 2.17 bits per heavy atom. The Balaban J connectivity index is 2.70. The first-order valence-corrected chi connectivity index (χ1v) is 6.66. The Labute approximate surface area is 113 Å². The summed E-state index contributed by atoms with van der Waals surface area (Å²) in [5, 5.41) is 3.92. The molecule has 0 radical (unpaired) electrons. The number of methoxy groups -OCH3 is 1. The van der Waals surface area contributed by atoms with Gasteiger partial charge in [0, 0.05) is 24.2 Å². The number of ether oxygens (including phenoxy) is 1. The third-order valence-electron chi connectivity index (χ3n) is 2.92. The lowest BCUT2D eigenvalue weighted by Crippen LogP contribution is -2.35. The third kappa shape index (κ3) is 4.56. The first kappa shape index (κ1) is 15.4. The van der Waals surface area contributed by atoms with Crippen LogP contribution in [0, 0.1) is 5.82 Å². The smallest absolute Gasteiger partial charge is 0.124 e. The predicted octanol–water partition coefficient (Wildman–Crippen LogP) is 3.94. The summed E-state index contributed by atoms with van der Waals surface area (Å²) in [6, 6.07) is 4.87. The molecule has 0 fully saturated rings. The third-order valence-corrected chi connectivity index (χ3v) is 3.25. The molecule has 1 rings (SSSR count). The van der Waals surface area contributed by atoms with Crippen molar-refractivity contribution in [2.75, 3.05) is 13.7 Å². The maximum absolute atomic E-state index is 13.0. The van der Waals surface area contributed by atoms with Crippen molar-refractivity contribution in [3.8, 4) is 0 Å². The molecule has 2 nitrogen and oxygen atoms in total. The van der Waals surface area contributed by atoms with Crippen LogP contribution in [0.5, 0.6) is 0 Å². The summed E-state index contributed by atoms with van der Waals surface area (Å²) in [7, 11) is 1.69. The monoisotopic (exact) mass is 273 g/mol. The quantitative estimate of drug-likeness (QED) is 0.812. The number of hydrogen-bond acceptors (Lipinski definition) is 2. The second-order valence-electron chi connectivity index (χ2n) is 4.50. The van der Waals surface area contributed by atoms with Gasteiger partial charge in [0.05, 0.1) is 6.61 Å². The second kappa shape index (κ2) is 7.72. The predicted molar refractivity (Wildman–Crippen MR) is 73.5 cm³/mol. The molecule has 0 heterocycles. The summed E-state index contributed by atoms with van der Waals surface area (Å²) in [5.74, 6) is -0.307. The molecule has 0 aliphatic carbocycles. The van der Waals surface area contributed by atoms with Crippen LogP contribution < -0.4 is 5.32 Å². The second-order valence-corrected chi connectivity index (χ2v) is 4.90. The van der Waals surface area contributed by atoms with Gasteiger partial charge in [-0.05, 0) is 31.0 Å². The fourth-order valence-corrected chi connectivity index (χ4v) is 2.39. The number of nitrogens with one attached hydrogen (secondary N) is 1. The molecule has 4 heteroatoms. The summed E-state index contributed by atoms with van der Waals surface area (Å²) in [4.78, 5) is 0. The van der Waals surface area contributed by atoms with Gasteiger partial charge >= 0.3 is 0 Å². The average molecular weight is 274 g/mol. The van der Waals surface area contributed by atoms with E-state index in [4.69, 9.17) is 16.3 Å². The van der Waals surface area contributed by atoms with Crippen LogP contribution in [-0.4, -0.2) is 19.8 Å². The average Bonchev–Trinajstić information content (AvgIpc) is 2.29. The highest BCUT2D eigenvalue weighted by Crippen LogP contribution is 2.24. The normalized spacial score (nSPS) is 14.5. The van der Waals surface area contributed by atoms with Gasteiger partial charge in [-0.15, -0.1) is 0 Å². The molecular formula is C14H21ClFNO. The Bertz CT molecular complexity index is 367.